The van der Waals surface area contributed by atoms with Gasteiger partial charge in [0.05, 0.1) is 0 Å². The van der Waals surface area contributed by atoms with Crippen molar-refractivity contribution in [3.63, 3.8) is 0 Å². The molecule has 1 fully saturated rings. The fraction of sp³-hybridized carbons (Fsp3) is 0.529. The first kappa shape index (κ1) is 15.5. The first-order chi connectivity index (χ1) is 10.0. The number of hydrogen-bond acceptors (Lipinski definition) is 2. The van der Waals surface area contributed by atoms with Crippen LogP contribution in [0.3, 0.4) is 0 Å². The standard InChI is InChI=1S/C17H23NO3/c1-17(16(20)21,14-10-6-3-7-11-14)12-18-15(19)13-8-4-2-5-9-13/h3,6-7,10-11,13H,2,4-5,8-9,12H2,1H3,(H,18,19)(H,20,21). The first-order valence-corrected chi connectivity index (χ1v) is 7.60. The number of rotatable bonds is 5. The van der Waals surface area contributed by atoms with E-state index >= 15 is 0 Å². The number of carboxylic acids is 1. The lowest BCUT2D eigenvalue weighted by Crippen LogP contribution is -2.46. The van der Waals surface area contributed by atoms with Gasteiger partial charge in [0, 0.05) is 12.5 Å². The van der Waals surface area contributed by atoms with E-state index in [4.69, 9.17) is 0 Å². The number of carbonyl (C=O) groups excluding carboxylic acids is 1. The fourth-order valence-corrected chi connectivity index (χ4v) is 2.88. The number of amides is 1. The van der Waals surface area contributed by atoms with Gasteiger partial charge in [0.1, 0.15) is 5.41 Å². The van der Waals surface area contributed by atoms with Gasteiger partial charge in [-0.25, -0.2) is 0 Å². The van der Waals surface area contributed by atoms with Crippen molar-refractivity contribution < 1.29 is 14.7 Å². The highest BCUT2D eigenvalue weighted by molar-refractivity contribution is 5.84. The molecule has 1 atom stereocenters. The van der Waals surface area contributed by atoms with Gasteiger partial charge in [-0.15, -0.1) is 0 Å². The summed E-state index contributed by atoms with van der Waals surface area (Å²) in [5, 5.41) is 12.4. The molecule has 0 heterocycles. The highest BCUT2D eigenvalue weighted by Crippen LogP contribution is 2.26. The molecular formula is C17H23NO3. The summed E-state index contributed by atoms with van der Waals surface area (Å²) < 4.78 is 0. The second-order valence-electron chi connectivity index (χ2n) is 6.06. The Balaban J connectivity index is 2.03. The molecule has 114 valence electrons. The van der Waals surface area contributed by atoms with E-state index in [0.717, 1.165) is 25.7 Å². The van der Waals surface area contributed by atoms with Crippen LogP contribution in [0.4, 0.5) is 0 Å². The Bertz CT molecular complexity index is 494. The van der Waals surface area contributed by atoms with Crippen LogP contribution in [0.1, 0.15) is 44.6 Å². The van der Waals surface area contributed by atoms with E-state index in [1.807, 2.05) is 18.2 Å². The second-order valence-corrected chi connectivity index (χ2v) is 6.06. The smallest absolute Gasteiger partial charge is 0.315 e. The van der Waals surface area contributed by atoms with Gasteiger partial charge in [0.2, 0.25) is 5.91 Å². The minimum atomic E-state index is -1.09. The molecule has 1 amide bonds. The number of carbonyl (C=O) groups is 2. The number of hydrogen-bond donors (Lipinski definition) is 2. The quantitative estimate of drug-likeness (QED) is 0.876. The van der Waals surface area contributed by atoms with Crippen LogP contribution in [-0.4, -0.2) is 23.5 Å². The van der Waals surface area contributed by atoms with E-state index < -0.39 is 11.4 Å². The van der Waals surface area contributed by atoms with Crippen molar-refractivity contribution in [2.45, 2.75) is 44.4 Å². The van der Waals surface area contributed by atoms with Crippen LogP contribution in [0.15, 0.2) is 30.3 Å². The molecule has 1 aliphatic carbocycles. The minimum Gasteiger partial charge on any atom is -0.481 e. The molecule has 0 bridgehead atoms. The molecule has 1 aromatic rings. The predicted molar refractivity (Wildman–Crippen MR) is 81.0 cm³/mol. The molecule has 4 nitrogen and oxygen atoms in total. The molecule has 2 rings (SSSR count). The zero-order valence-electron chi connectivity index (χ0n) is 12.5. The summed E-state index contributed by atoms with van der Waals surface area (Å²) in [7, 11) is 0. The molecule has 21 heavy (non-hydrogen) atoms. The van der Waals surface area contributed by atoms with E-state index in [1.54, 1.807) is 19.1 Å². The third-order valence-corrected chi connectivity index (χ3v) is 4.48. The summed E-state index contributed by atoms with van der Waals surface area (Å²) in [5.41, 5.74) is -0.382. The molecule has 1 aromatic carbocycles. The van der Waals surface area contributed by atoms with Gasteiger partial charge in [-0.05, 0) is 25.3 Å². The van der Waals surface area contributed by atoms with Crippen molar-refractivity contribution in [2.24, 2.45) is 5.92 Å². The van der Waals surface area contributed by atoms with Gasteiger partial charge in [-0.2, -0.15) is 0 Å². The topological polar surface area (TPSA) is 66.4 Å². The van der Waals surface area contributed by atoms with Crippen molar-refractivity contribution in [2.75, 3.05) is 6.54 Å². The van der Waals surface area contributed by atoms with Gasteiger partial charge in [-0.3, -0.25) is 9.59 Å². The maximum atomic E-state index is 12.2. The zero-order valence-corrected chi connectivity index (χ0v) is 12.5. The molecule has 1 aliphatic rings. The van der Waals surface area contributed by atoms with Gasteiger partial charge in [0.15, 0.2) is 0 Å². The van der Waals surface area contributed by atoms with Crippen molar-refractivity contribution in [3.8, 4) is 0 Å². The molecule has 0 saturated heterocycles. The maximum absolute atomic E-state index is 12.2. The Morgan fingerprint density at radius 2 is 1.81 bits per heavy atom. The Morgan fingerprint density at radius 1 is 1.19 bits per heavy atom. The lowest BCUT2D eigenvalue weighted by Gasteiger charge is -2.28. The number of aliphatic carboxylic acids is 1. The van der Waals surface area contributed by atoms with E-state index in [9.17, 15) is 14.7 Å². The monoisotopic (exact) mass is 289 g/mol. The van der Waals surface area contributed by atoms with Crippen LogP contribution in [0, 0.1) is 5.92 Å². The van der Waals surface area contributed by atoms with Crippen LogP contribution < -0.4 is 5.32 Å². The molecule has 0 aromatic heterocycles. The van der Waals surface area contributed by atoms with Gasteiger partial charge in [0.25, 0.3) is 0 Å². The minimum absolute atomic E-state index is 0.00175. The van der Waals surface area contributed by atoms with Crippen LogP contribution in [0.5, 0.6) is 0 Å². The predicted octanol–water partition coefficient (Wildman–Crippen LogP) is 2.73. The first-order valence-electron chi connectivity index (χ1n) is 7.60. The van der Waals surface area contributed by atoms with Crippen molar-refractivity contribution in [1.82, 2.24) is 5.32 Å². The van der Waals surface area contributed by atoms with Crippen molar-refractivity contribution >= 4 is 11.9 Å². The zero-order chi connectivity index (χ0) is 15.3. The average molecular weight is 289 g/mol. The van der Waals surface area contributed by atoms with Crippen molar-refractivity contribution in [1.29, 1.82) is 0 Å². The second kappa shape index (κ2) is 6.74. The van der Waals surface area contributed by atoms with Crippen LogP contribution in [0.25, 0.3) is 0 Å². The number of benzene rings is 1. The number of nitrogens with one attached hydrogen (secondary N) is 1. The Kier molecular flexibility index (Phi) is 4.99. The van der Waals surface area contributed by atoms with E-state index in [-0.39, 0.29) is 18.4 Å². The van der Waals surface area contributed by atoms with Gasteiger partial charge < -0.3 is 10.4 Å². The van der Waals surface area contributed by atoms with Crippen LogP contribution in [0.2, 0.25) is 0 Å². The Labute approximate surface area is 125 Å². The number of carboxylic acid groups (broad SMARTS) is 1. The van der Waals surface area contributed by atoms with Crippen LogP contribution in [-0.2, 0) is 15.0 Å². The summed E-state index contributed by atoms with van der Waals surface area (Å²) in [6.45, 7) is 1.79. The summed E-state index contributed by atoms with van der Waals surface area (Å²) in [6.07, 6.45) is 5.21. The summed E-state index contributed by atoms with van der Waals surface area (Å²) in [6, 6.07) is 9.08. The molecule has 0 aliphatic heterocycles. The molecule has 0 spiro atoms. The van der Waals surface area contributed by atoms with Crippen molar-refractivity contribution in [3.05, 3.63) is 35.9 Å². The van der Waals surface area contributed by atoms with Gasteiger partial charge in [-0.1, -0.05) is 49.6 Å². The van der Waals surface area contributed by atoms with Gasteiger partial charge >= 0.3 is 5.97 Å². The Hall–Kier alpha value is -1.84. The molecule has 2 N–H and O–H groups in total. The Morgan fingerprint density at radius 3 is 2.38 bits per heavy atom. The van der Waals surface area contributed by atoms with E-state index in [1.165, 1.54) is 6.42 Å². The maximum Gasteiger partial charge on any atom is 0.315 e. The molecule has 0 radical (unpaired) electrons. The molecule has 4 heteroatoms. The van der Waals surface area contributed by atoms with Crippen LogP contribution >= 0.6 is 0 Å². The molecule has 1 unspecified atom stereocenters. The third-order valence-electron chi connectivity index (χ3n) is 4.48. The highest BCUT2D eigenvalue weighted by atomic mass is 16.4. The summed E-state index contributed by atoms with van der Waals surface area (Å²) in [5.74, 6) is -0.872. The summed E-state index contributed by atoms with van der Waals surface area (Å²) in [4.78, 5) is 23.9. The van der Waals surface area contributed by atoms with E-state index in [0.29, 0.717) is 5.56 Å². The lowest BCUT2D eigenvalue weighted by molar-refractivity contribution is -0.143. The average Bonchev–Trinajstić information content (AvgIpc) is 2.53. The third kappa shape index (κ3) is 3.63. The van der Waals surface area contributed by atoms with E-state index in [2.05, 4.69) is 5.32 Å². The normalized spacial score (nSPS) is 18.7. The highest BCUT2D eigenvalue weighted by Gasteiger charge is 2.36. The largest absolute Gasteiger partial charge is 0.481 e. The molecular weight excluding hydrogens is 266 g/mol. The SMILES string of the molecule is CC(CNC(=O)C1CCCCC1)(C(=O)O)c1ccccc1. The molecule has 1 saturated carbocycles. The lowest BCUT2D eigenvalue weighted by atomic mass is 9.82. The fourth-order valence-electron chi connectivity index (χ4n) is 2.88. The summed E-state index contributed by atoms with van der Waals surface area (Å²) >= 11 is 0.